The van der Waals surface area contributed by atoms with E-state index in [1.165, 1.54) is 19.3 Å². The van der Waals surface area contributed by atoms with Crippen LogP contribution in [0.4, 0.5) is 5.69 Å². The van der Waals surface area contributed by atoms with E-state index in [0.29, 0.717) is 6.54 Å². The Morgan fingerprint density at radius 2 is 1.78 bits per heavy atom. The van der Waals surface area contributed by atoms with E-state index < -0.39 is 0 Å². The zero-order valence-corrected chi connectivity index (χ0v) is 15.6. The average molecular weight is 360 g/mol. The molecule has 5 nitrogen and oxygen atoms in total. The minimum Gasteiger partial charge on any atom is -0.321 e. The van der Waals surface area contributed by atoms with Crippen LogP contribution in [0, 0.1) is 5.92 Å². The Balaban J connectivity index is 0.000000143. The van der Waals surface area contributed by atoms with E-state index in [0.717, 1.165) is 35.0 Å². The highest BCUT2D eigenvalue weighted by molar-refractivity contribution is 6.09. The first-order chi connectivity index (χ1) is 13.2. The predicted molar refractivity (Wildman–Crippen MR) is 105 cm³/mol. The lowest BCUT2D eigenvalue weighted by Gasteiger charge is -2.24. The minimum atomic E-state index is 0.0989. The molecule has 27 heavy (non-hydrogen) atoms. The van der Waals surface area contributed by atoms with Gasteiger partial charge in [-0.2, -0.15) is 0 Å². The van der Waals surface area contributed by atoms with Crippen molar-refractivity contribution in [3.63, 3.8) is 0 Å². The molecular weight excluding hydrogens is 336 g/mol. The molecule has 0 bridgehead atoms. The van der Waals surface area contributed by atoms with Crippen LogP contribution >= 0.6 is 0 Å². The number of benzene rings is 2. The Morgan fingerprint density at radius 1 is 1.04 bits per heavy atom. The number of carbonyl (C=O) groups is 1. The lowest BCUT2D eigenvalue weighted by atomic mass is 9.83. The number of carbonyl (C=O) groups excluding carboxylic acids is 1. The van der Waals surface area contributed by atoms with Crippen LogP contribution in [-0.4, -0.2) is 20.7 Å². The van der Waals surface area contributed by atoms with Gasteiger partial charge < -0.3 is 9.47 Å². The van der Waals surface area contributed by atoms with Gasteiger partial charge in [0.1, 0.15) is 12.2 Å². The first-order valence-electron chi connectivity index (χ1n) is 9.50. The predicted octanol–water partition coefficient (Wildman–Crippen LogP) is 4.00. The van der Waals surface area contributed by atoms with Crippen molar-refractivity contribution in [3.8, 4) is 0 Å². The summed E-state index contributed by atoms with van der Waals surface area (Å²) in [7, 11) is 2.01. The summed E-state index contributed by atoms with van der Waals surface area (Å²) in [5.74, 6) is 2.12. The van der Waals surface area contributed by atoms with Gasteiger partial charge in [-0.3, -0.25) is 4.79 Å². The number of hydrogen-bond donors (Lipinski definition) is 0. The average Bonchev–Trinajstić information content (AvgIpc) is 3.23. The van der Waals surface area contributed by atoms with Crippen molar-refractivity contribution in [2.24, 2.45) is 13.0 Å². The zero-order valence-electron chi connectivity index (χ0n) is 15.6. The summed E-state index contributed by atoms with van der Waals surface area (Å²) < 4.78 is 2.01. The second-order valence-electron chi connectivity index (χ2n) is 7.24. The number of fused-ring (bicyclic) bond motifs is 1. The largest absolute Gasteiger partial charge is 0.321 e. The number of anilines is 1. The fourth-order valence-electron chi connectivity index (χ4n) is 3.52. The number of aromatic nitrogens is 3. The van der Waals surface area contributed by atoms with E-state index in [1.807, 2.05) is 71.1 Å². The molecule has 0 spiro atoms. The van der Waals surface area contributed by atoms with Crippen LogP contribution in [0.2, 0.25) is 0 Å². The van der Waals surface area contributed by atoms with Crippen molar-refractivity contribution in [3.05, 3.63) is 77.9 Å². The summed E-state index contributed by atoms with van der Waals surface area (Å²) in [5.41, 5.74) is 2.89. The second kappa shape index (κ2) is 7.74. The van der Waals surface area contributed by atoms with Gasteiger partial charge in [0.15, 0.2) is 0 Å². The van der Waals surface area contributed by atoms with Crippen molar-refractivity contribution in [2.45, 2.75) is 32.2 Å². The molecule has 138 valence electrons. The first-order valence-corrected chi connectivity index (χ1v) is 9.50. The first kappa shape index (κ1) is 17.5. The van der Waals surface area contributed by atoms with Gasteiger partial charge in [0.05, 0.1) is 6.54 Å². The highest BCUT2D eigenvalue weighted by atomic mass is 16.2. The Bertz CT molecular complexity index is 915. The lowest BCUT2D eigenvalue weighted by molar-refractivity contribution is 0.0996. The summed E-state index contributed by atoms with van der Waals surface area (Å²) >= 11 is 0. The molecule has 1 fully saturated rings. The smallest absolute Gasteiger partial charge is 0.258 e. The molecule has 1 amide bonds. The molecule has 3 aromatic rings. The van der Waals surface area contributed by atoms with Crippen LogP contribution in [0.3, 0.4) is 0 Å². The topological polar surface area (TPSA) is 51.0 Å². The van der Waals surface area contributed by atoms with Crippen LogP contribution in [0.15, 0.2) is 60.9 Å². The maximum Gasteiger partial charge on any atom is 0.258 e. The van der Waals surface area contributed by atoms with E-state index >= 15 is 0 Å². The van der Waals surface area contributed by atoms with E-state index in [4.69, 9.17) is 0 Å². The molecule has 1 saturated carbocycles. The molecule has 1 aliphatic carbocycles. The van der Waals surface area contributed by atoms with Crippen LogP contribution in [-0.2, 0) is 20.0 Å². The summed E-state index contributed by atoms with van der Waals surface area (Å²) in [4.78, 5) is 13.9. The molecule has 2 aliphatic rings. The zero-order chi connectivity index (χ0) is 18.6. The Morgan fingerprint density at radius 3 is 2.41 bits per heavy atom. The maximum absolute atomic E-state index is 12.1. The summed E-state index contributed by atoms with van der Waals surface area (Å²) in [6.07, 6.45) is 7.06. The van der Waals surface area contributed by atoms with E-state index in [1.54, 1.807) is 6.33 Å². The summed E-state index contributed by atoms with van der Waals surface area (Å²) in [6, 6.07) is 17.6. The maximum atomic E-state index is 12.1. The van der Waals surface area contributed by atoms with Gasteiger partial charge in [-0.1, -0.05) is 55.7 Å². The monoisotopic (exact) mass is 360 g/mol. The van der Waals surface area contributed by atoms with Crippen LogP contribution in [0.25, 0.3) is 0 Å². The van der Waals surface area contributed by atoms with Crippen LogP contribution in [0.1, 0.15) is 41.0 Å². The van der Waals surface area contributed by atoms with E-state index in [2.05, 4.69) is 10.2 Å². The van der Waals surface area contributed by atoms with E-state index in [9.17, 15) is 4.79 Å². The van der Waals surface area contributed by atoms with E-state index in [-0.39, 0.29) is 5.91 Å². The number of nitrogens with zero attached hydrogens (tertiary/aromatic N) is 4. The van der Waals surface area contributed by atoms with Gasteiger partial charge in [-0.05, 0) is 29.7 Å². The molecule has 0 radical (unpaired) electrons. The molecule has 5 heteroatoms. The lowest BCUT2D eigenvalue weighted by Crippen LogP contribution is -2.22. The van der Waals surface area contributed by atoms with Gasteiger partial charge in [0.2, 0.25) is 0 Å². The highest BCUT2D eigenvalue weighted by Gasteiger charge is 2.27. The molecule has 1 aromatic heterocycles. The quantitative estimate of drug-likeness (QED) is 0.709. The highest BCUT2D eigenvalue weighted by Crippen LogP contribution is 2.29. The van der Waals surface area contributed by atoms with Crippen molar-refractivity contribution in [1.82, 2.24) is 14.8 Å². The number of para-hydroxylation sites is 1. The molecule has 0 N–H and O–H groups in total. The van der Waals surface area contributed by atoms with Crippen LogP contribution in [0.5, 0.6) is 0 Å². The third kappa shape index (κ3) is 3.77. The van der Waals surface area contributed by atoms with Gasteiger partial charge in [-0.25, -0.2) is 0 Å². The fourth-order valence-corrected chi connectivity index (χ4v) is 3.52. The fraction of sp³-hybridized carbons (Fsp3) is 0.318. The molecular formula is C22H24N4O. The second-order valence-corrected chi connectivity index (χ2v) is 7.24. The molecule has 5 rings (SSSR count). The molecule has 0 unspecified atom stereocenters. The normalized spacial score (nSPS) is 15.7. The van der Waals surface area contributed by atoms with Crippen molar-refractivity contribution in [1.29, 1.82) is 0 Å². The van der Waals surface area contributed by atoms with Crippen LogP contribution < -0.4 is 4.90 Å². The van der Waals surface area contributed by atoms with Crippen molar-refractivity contribution < 1.29 is 4.79 Å². The third-order valence-corrected chi connectivity index (χ3v) is 5.39. The molecule has 0 saturated heterocycles. The number of aryl methyl sites for hydroxylation is 1. The summed E-state index contributed by atoms with van der Waals surface area (Å²) in [5, 5.41) is 7.90. The van der Waals surface area contributed by atoms with Gasteiger partial charge >= 0.3 is 0 Å². The third-order valence-electron chi connectivity index (χ3n) is 5.39. The van der Waals surface area contributed by atoms with Crippen molar-refractivity contribution >= 4 is 11.6 Å². The Kier molecular flexibility index (Phi) is 5.01. The Labute approximate surface area is 159 Å². The number of rotatable bonds is 3. The Hall–Kier alpha value is -2.95. The number of hydrogen-bond acceptors (Lipinski definition) is 3. The SMILES string of the molecule is Cn1cnnc1CC1CCC1.O=C1c2ccccc2CN1c1ccccc1. The summed E-state index contributed by atoms with van der Waals surface area (Å²) in [6.45, 7) is 0.680. The van der Waals surface area contributed by atoms with Gasteiger partial charge in [0, 0.05) is 24.7 Å². The standard InChI is InChI=1S/C14H11NO.C8H13N3/c16-14-13-9-5-4-6-11(13)10-15(14)12-7-2-1-3-8-12;1-11-6-9-10-8(11)5-7-3-2-4-7/h1-9H,10H2;6-7H,2-5H2,1H3. The van der Waals surface area contributed by atoms with Gasteiger partial charge in [-0.15, -0.1) is 10.2 Å². The molecule has 2 aromatic carbocycles. The molecule has 0 atom stereocenters. The number of amides is 1. The van der Waals surface area contributed by atoms with Gasteiger partial charge in [0.25, 0.3) is 5.91 Å². The molecule has 2 heterocycles. The van der Waals surface area contributed by atoms with Crippen molar-refractivity contribution in [2.75, 3.05) is 4.90 Å². The minimum absolute atomic E-state index is 0.0989. The molecule has 1 aliphatic heterocycles.